The molecule has 1 saturated heterocycles. The van der Waals surface area contributed by atoms with E-state index >= 15 is 0 Å². The summed E-state index contributed by atoms with van der Waals surface area (Å²) in [5.41, 5.74) is 0. The smallest absolute Gasteiger partial charge is 0.162 e. The van der Waals surface area contributed by atoms with E-state index in [2.05, 4.69) is 15.2 Å². The van der Waals surface area contributed by atoms with Gasteiger partial charge in [0.2, 0.25) is 0 Å². The number of ether oxygens (including phenoxy) is 2. The van der Waals surface area contributed by atoms with Gasteiger partial charge >= 0.3 is 0 Å². The lowest BCUT2D eigenvalue weighted by Crippen LogP contribution is -2.15. The van der Waals surface area contributed by atoms with Gasteiger partial charge in [-0.2, -0.15) is 5.10 Å². The van der Waals surface area contributed by atoms with Crippen LogP contribution in [0.15, 0.2) is 24.3 Å². The van der Waals surface area contributed by atoms with Crippen molar-refractivity contribution in [1.82, 2.24) is 15.2 Å². The molecule has 0 bridgehead atoms. The van der Waals surface area contributed by atoms with Crippen LogP contribution >= 0.6 is 0 Å². The summed E-state index contributed by atoms with van der Waals surface area (Å²) < 4.78 is 23.8. The van der Waals surface area contributed by atoms with Crippen molar-refractivity contribution in [2.24, 2.45) is 0 Å². The molecular weight excluding hydrogens is 261 g/mol. The molecule has 1 aromatic heterocycles. The molecule has 2 aromatic rings. The van der Waals surface area contributed by atoms with Crippen molar-refractivity contribution >= 4 is 0 Å². The molecular formula is C14H16FN3O2. The van der Waals surface area contributed by atoms with Crippen LogP contribution in [0.5, 0.6) is 5.75 Å². The Morgan fingerprint density at radius 3 is 3.00 bits per heavy atom. The Morgan fingerprint density at radius 1 is 1.35 bits per heavy atom. The highest BCUT2D eigenvalue weighted by Crippen LogP contribution is 2.23. The lowest BCUT2D eigenvalue weighted by molar-refractivity contribution is 0.0836. The molecule has 0 unspecified atom stereocenters. The molecule has 1 fully saturated rings. The highest BCUT2D eigenvalue weighted by molar-refractivity contribution is 5.22. The van der Waals surface area contributed by atoms with Crippen LogP contribution in [0.25, 0.3) is 0 Å². The third kappa shape index (κ3) is 3.14. The van der Waals surface area contributed by atoms with Gasteiger partial charge in [0, 0.05) is 25.2 Å². The minimum Gasteiger partial charge on any atom is -0.486 e. The van der Waals surface area contributed by atoms with Crippen LogP contribution < -0.4 is 4.74 Å². The average Bonchev–Trinajstić information content (AvgIpc) is 2.95. The highest BCUT2D eigenvalue weighted by Gasteiger charge is 2.20. The second kappa shape index (κ2) is 6.00. The lowest BCUT2D eigenvalue weighted by Gasteiger charge is -2.18. The Morgan fingerprint density at radius 2 is 2.20 bits per heavy atom. The second-order valence-corrected chi connectivity index (χ2v) is 4.77. The first-order valence-electron chi connectivity index (χ1n) is 6.68. The Labute approximate surface area is 116 Å². The number of aromatic amines is 1. The molecule has 0 saturated carbocycles. The number of H-pyrrole nitrogens is 1. The van der Waals surface area contributed by atoms with Gasteiger partial charge in [-0.1, -0.05) is 6.07 Å². The van der Waals surface area contributed by atoms with Gasteiger partial charge < -0.3 is 9.47 Å². The summed E-state index contributed by atoms with van der Waals surface area (Å²) in [5.74, 6) is 1.97. The fourth-order valence-corrected chi connectivity index (χ4v) is 2.22. The number of hydrogen-bond acceptors (Lipinski definition) is 4. The maximum absolute atomic E-state index is 13.0. The van der Waals surface area contributed by atoms with Gasteiger partial charge in [-0.05, 0) is 25.0 Å². The minimum absolute atomic E-state index is 0.250. The summed E-state index contributed by atoms with van der Waals surface area (Å²) in [7, 11) is 0. The van der Waals surface area contributed by atoms with E-state index in [1.54, 1.807) is 12.1 Å². The Hall–Kier alpha value is -1.95. The molecule has 106 valence electrons. The molecule has 5 nitrogen and oxygen atoms in total. The zero-order valence-corrected chi connectivity index (χ0v) is 11.0. The highest BCUT2D eigenvalue weighted by atomic mass is 19.1. The zero-order valence-electron chi connectivity index (χ0n) is 11.0. The molecule has 1 aromatic carbocycles. The van der Waals surface area contributed by atoms with Gasteiger partial charge in [0.15, 0.2) is 11.6 Å². The van der Waals surface area contributed by atoms with Crippen LogP contribution in [-0.4, -0.2) is 28.4 Å². The number of hydrogen-bond donors (Lipinski definition) is 1. The third-order valence-corrected chi connectivity index (χ3v) is 3.31. The van der Waals surface area contributed by atoms with Crippen LogP contribution in [-0.2, 0) is 11.3 Å². The summed E-state index contributed by atoms with van der Waals surface area (Å²) in [4.78, 5) is 4.43. The lowest BCUT2D eigenvalue weighted by atomic mass is 10.00. The van der Waals surface area contributed by atoms with E-state index in [9.17, 15) is 4.39 Å². The van der Waals surface area contributed by atoms with Gasteiger partial charge in [0.25, 0.3) is 0 Å². The second-order valence-electron chi connectivity index (χ2n) is 4.77. The molecule has 1 aliphatic rings. The van der Waals surface area contributed by atoms with Crippen LogP contribution in [0.4, 0.5) is 4.39 Å². The fourth-order valence-electron chi connectivity index (χ4n) is 2.22. The molecule has 2 heterocycles. The number of rotatable bonds is 4. The van der Waals surface area contributed by atoms with E-state index in [0.717, 1.165) is 31.9 Å². The first-order valence-corrected chi connectivity index (χ1v) is 6.68. The van der Waals surface area contributed by atoms with Crippen molar-refractivity contribution in [3.8, 4) is 5.75 Å². The number of benzene rings is 1. The van der Waals surface area contributed by atoms with Crippen molar-refractivity contribution < 1.29 is 13.9 Å². The quantitative estimate of drug-likeness (QED) is 0.932. The molecule has 3 rings (SSSR count). The standard InChI is InChI=1S/C14H16FN3O2/c15-11-2-1-3-12(8-11)20-9-13-16-14(18-17-13)10-4-6-19-7-5-10/h1-3,8,10H,4-7,9H2,(H,16,17,18). The molecule has 1 N–H and O–H groups in total. The number of nitrogens with zero attached hydrogens (tertiary/aromatic N) is 2. The van der Waals surface area contributed by atoms with E-state index in [-0.39, 0.29) is 12.4 Å². The SMILES string of the molecule is Fc1cccc(OCc2nc(C3CCOCC3)n[nH]2)c1. The Kier molecular flexibility index (Phi) is 3.92. The molecule has 6 heteroatoms. The summed E-state index contributed by atoms with van der Waals surface area (Å²) in [6.45, 7) is 1.77. The average molecular weight is 277 g/mol. The van der Waals surface area contributed by atoms with Gasteiger partial charge in [0.05, 0.1) is 0 Å². The molecule has 0 radical (unpaired) electrons. The molecule has 1 aliphatic heterocycles. The summed E-state index contributed by atoms with van der Waals surface area (Å²) in [5, 5.41) is 7.09. The predicted molar refractivity (Wildman–Crippen MR) is 69.9 cm³/mol. The number of aromatic nitrogens is 3. The molecule has 0 amide bonds. The maximum Gasteiger partial charge on any atom is 0.162 e. The number of nitrogens with one attached hydrogen (secondary N) is 1. The van der Waals surface area contributed by atoms with Crippen molar-refractivity contribution in [2.75, 3.05) is 13.2 Å². The zero-order chi connectivity index (χ0) is 13.8. The molecule has 0 spiro atoms. The molecule has 0 aliphatic carbocycles. The topological polar surface area (TPSA) is 60.0 Å². The number of halogens is 1. The van der Waals surface area contributed by atoms with Crippen molar-refractivity contribution in [3.63, 3.8) is 0 Å². The first-order chi connectivity index (χ1) is 9.81. The van der Waals surface area contributed by atoms with Crippen molar-refractivity contribution in [3.05, 3.63) is 41.7 Å². The van der Waals surface area contributed by atoms with Crippen LogP contribution in [0, 0.1) is 5.82 Å². The minimum atomic E-state index is -0.317. The van der Waals surface area contributed by atoms with Crippen molar-refractivity contribution in [2.45, 2.75) is 25.4 Å². The summed E-state index contributed by atoms with van der Waals surface area (Å²) in [6.07, 6.45) is 1.89. The van der Waals surface area contributed by atoms with Crippen LogP contribution in [0.3, 0.4) is 0 Å². The van der Waals surface area contributed by atoms with Gasteiger partial charge in [-0.25, -0.2) is 9.37 Å². The van der Waals surface area contributed by atoms with E-state index in [4.69, 9.17) is 9.47 Å². The first kappa shape index (κ1) is 13.1. The van der Waals surface area contributed by atoms with Gasteiger partial charge in [-0.3, -0.25) is 5.10 Å². The normalized spacial score (nSPS) is 16.2. The predicted octanol–water partition coefficient (Wildman–Crippen LogP) is 2.42. The Balaban J connectivity index is 1.59. The van der Waals surface area contributed by atoms with E-state index in [1.165, 1.54) is 12.1 Å². The molecule has 20 heavy (non-hydrogen) atoms. The van der Waals surface area contributed by atoms with Crippen LogP contribution in [0.2, 0.25) is 0 Å². The summed E-state index contributed by atoms with van der Waals surface area (Å²) >= 11 is 0. The van der Waals surface area contributed by atoms with Crippen molar-refractivity contribution in [1.29, 1.82) is 0 Å². The van der Waals surface area contributed by atoms with E-state index < -0.39 is 0 Å². The fraction of sp³-hybridized carbons (Fsp3) is 0.429. The van der Waals surface area contributed by atoms with Crippen LogP contribution in [0.1, 0.15) is 30.4 Å². The summed E-state index contributed by atoms with van der Waals surface area (Å²) in [6, 6.07) is 6.04. The molecule has 0 atom stereocenters. The largest absolute Gasteiger partial charge is 0.486 e. The van der Waals surface area contributed by atoms with Gasteiger partial charge in [0.1, 0.15) is 18.2 Å². The van der Waals surface area contributed by atoms with E-state index in [1.807, 2.05) is 0 Å². The third-order valence-electron chi connectivity index (χ3n) is 3.31. The van der Waals surface area contributed by atoms with Gasteiger partial charge in [-0.15, -0.1) is 0 Å². The monoisotopic (exact) mass is 277 g/mol. The Bertz CT molecular complexity index is 567. The van der Waals surface area contributed by atoms with E-state index in [0.29, 0.717) is 17.5 Å². The maximum atomic E-state index is 13.0.